The fourth-order valence-corrected chi connectivity index (χ4v) is 2.44. The van der Waals surface area contributed by atoms with Crippen molar-refractivity contribution in [2.75, 3.05) is 6.61 Å². The highest BCUT2D eigenvalue weighted by Crippen LogP contribution is 2.38. The van der Waals surface area contributed by atoms with Crippen molar-refractivity contribution in [3.8, 4) is 0 Å². The quantitative estimate of drug-likeness (QED) is 0.501. The number of hydrogen-bond donors (Lipinski definition) is 0. The number of ether oxygens (including phenoxy) is 1. The molecule has 0 amide bonds. The minimum atomic E-state index is 0.633. The Hall–Kier alpha value is -0.0400. The molecule has 2 rings (SSSR count). The second-order valence-corrected chi connectivity index (χ2v) is 3.79. The Balaban J connectivity index is 2.01. The Morgan fingerprint density at radius 2 is 2.10 bits per heavy atom. The first-order valence-electron chi connectivity index (χ1n) is 4.49. The molecule has 1 aliphatic heterocycles. The molecule has 0 aromatic carbocycles. The van der Waals surface area contributed by atoms with E-state index >= 15 is 0 Å². The standard InChI is InChI=1S/C9H16O/c1-7-4-5-8-3-2-6-10-9(7)8/h7-9H,2-6H2,1H3/t7-,8+,9-/m1/s1. The van der Waals surface area contributed by atoms with E-state index in [1.807, 2.05) is 0 Å². The van der Waals surface area contributed by atoms with Gasteiger partial charge in [-0.2, -0.15) is 0 Å². The van der Waals surface area contributed by atoms with E-state index in [4.69, 9.17) is 4.74 Å². The topological polar surface area (TPSA) is 9.23 Å². The van der Waals surface area contributed by atoms with Crippen LogP contribution in [0.4, 0.5) is 0 Å². The molecule has 1 heterocycles. The van der Waals surface area contributed by atoms with Crippen LogP contribution >= 0.6 is 0 Å². The molecule has 0 aromatic heterocycles. The molecular formula is C9H16O. The van der Waals surface area contributed by atoms with Crippen LogP contribution < -0.4 is 0 Å². The molecule has 0 aromatic rings. The lowest BCUT2D eigenvalue weighted by Crippen LogP contribution is -2.28. The van der Waals surface area contributed by atoms with E-state index in [-0.39, 0.29) is 0 Å². The van der Waals surface area contributed by atoms with Crippen LogP contribution in [0.5, 0.6) is 0 Å². The van der Waals surface area contributed by atoms with Crippen LogP contribution in [0.3, 0.4) is 0 Å². The maximum atomic E-state index is 5.71. The molecule has 1 saturated heterocycles. The molecule has 0 N–H and O–H groups in total. The van der Waals surface area contributed by atoms with E-state index < -0.39 is 0 Å². The van der Waals surface area contributed by atoms with Gasteiger partial charge in [-0.1, -0.05) is 6.92 Å². The minimum absolute atomic E-state index is 0.633. The summed E-state index contributed by atoms with van der Waals surface area (Å²) < 4.78 is 5.71. The fourth-order valence-electron chi connectivity index (χ4n) is 2.44. The van der Waals surface area contributed by atoms with Crippen LogP contribution in [0.1, 0.15) is 32.6 Å². The molecule has 3 atom stereocenters. The van der Waals surface area contributed by atoms with Gasteiger partial charge in [0.2, 0.25) is 0 Å². The molecule has 1 nitrogen and oxygen atoms in total. The number of hydrogen-bond acceptors (Lipinski definition) is 1. The van der Waals surface area contributed by atoms with E-state index in [2.05, 4.69) is 6.92 Å². The second-order valence-electron chi connectivity index (χ2n) is 3.79. The Kier molecular flexibility index (Phi) is 1.69. The van der Waals surface area contributed by atoms with Crippen molar-refractivity contribution in [1.29, 1.82) is 0 Å². The number of fused-ring (bicyclic) bond motifs is 1. The summed E-state index contributed by atoms with van der Waals surface area (Å²) in [6, 6.07) is 0. The summed E-state index contributed by atoms with van der Waals surface area (Å²) in [5.74, 6) is 1.76. The maximum absolute atomic E-state index is 5.71. The highest BCUT2D eigenvalue weighted by Gasteiger charge is 2.35. The van der Waals surface area contributed by atoms with Gasteiger partial charge >= 0.3 is 0 Å². The van der Waals surface area contributed by atoms with Crippen LogP contribution in [-0.4, -0.2) is 12.7 Å². The summed E-state index contributed by atoms with van der Waals surface area (Å²) >= 11 is 0. The summed E-state index contributed by atoms with van der Waals surface area (Å²) in [5.41, 5.74) is 0. The first-order valence-corrected chi connectivity index (χ1v) is 4.49. The third-order valence-corrected chi connectivity index (χ3v) is 3.05. The summed E-state index contributed by atoms with van der Waals surface area (Å²) in [6.07, 6.45) is 6.18. The molecule has 1 saturated carbocycles. The molecule has 1 heteroatoms. The molecule has 2 fully saturated rings. The summed E-state index contributed by atoms with van der Waals surface area (Å²) in [6.45, 7) is 3.35. The smallest absolute Gasteiger partial charge is 0.0628 e. The van der Waals surface area contributed by atoms with Crippen molar-refractivity contribution >= 4 is 0 Å². The van der Waals surface area contributed by atoms with Gasteiger partial charge in [0.05, 0.1) is 6.10 Å². The lowest BCUT2D eigenvalue weighted by atomic mass is 9.95. The van der Waals surface area contributed by atoms with E-state index in [0.717, 1.165) is 18.4 Å². The van der Waals surface area contributed by atoms with Crippen LogP contribution in [0.25, 0.3) is 0 Å². The molecular weight excluding hydrogens is 124 g/mol. The lowest BCUT2D eigenvalue weighted by Gasteiger charge is -2.28. The highest BCUT2D eigenvalue weighted by atomic mass is 16.5. The summed E-state index contributed by atoms with van der Waals surface area (Å²) in [7, 11) is 0. The van der Waals surface area contributed by atoms with Gasteiger partial charge in [0.1, 0.15) is 0 Å². The lowest BCUT2D eigenvalue weighted by molar-refractivity contribution is -0.0298. The Morgan fingerprint density at radius 1 is 1.20 bits per heavy atom. The second kappa shape index (κ2) is 2.54. The van der Waals surface area contributed by atoms with E-state index in [0.29, 0.717) is 6.10 Å². The van der Waals surface area contributed by atoms with Crippen LogP contribution in [0, 0.1) is 11.8 Å². The maximum Gasteiger partial charge on any atom is 0.0628 e. The third-order valence-electron chi connectivity index (χ3n) is 3.05. The largest absolute Gasteiger partial charge is 0.378 e. The van der Waals surface area contributed by atoms with Crippen LogP contribution in [0.15, 0.2) is 0 Å². The third kappa shape index (κ3) is 0.968. The van der Waals surface area contributed by atoms with Crippen LogP contribution in [-0.2, 0) is 4.74 Å². The first kappa shape index (κ1) is 6.66. The minimum Gasteiger partial charge on any atom is -0.378 e. The molecule has 0 radical (unpaired) electrons. The van der Waals surface area contributed by atoms with E-state index in [1.165, 1.54) is 25.7 Å². The SMILES string of the molecule is C[C@@H]1CC[C@@H]2CCCO[C@@H]21. The van der Waals surface area contributed by atoms with Crippen molar-refractivity contribution in [2.45, 2.75) is 38.7 Å². The average molecular weight is 140 g/mol. The van der Waals surface area contributed by atoms with E-state index in [1.54, 1.807) is 0 Å². The Morgan fingerprint density at radius 3 is 2.90 bits per heavy atom. The first-order chi connectivity index (χ1) is 4.88. The summed E-state index contributed by atoms with van der Waals surface area (Å²) in [4.78, 5) is 0. The zero-order valence-corrected chi connectivity index (χ0v) is 6.68. The van der Waals surface area contributed by atoms with Gasteiger partial charge in [0.15, 0.2) is 0 Å². The molecule has 0 bridgehead atoms. The van der Waals surface area contributed by atoms with E-state index in [9.17, 15) is 0 Å². The average Bonchev–Trinajstić information content (AvgIpc) is 2.34. The van der Waals surface area contributed by atoms with Crippen molar-refractivity contribution < 1.29 is 4.74 Å². The Labute approximate surface area is 62.8 Å². The number of rotatable bonds is 0. The predicted octanol–water partition coefficient (Wildman–Crippen LogP) is 2.21. The molecule has 10 heavy (non-hydrogen) atoms. The van der Waals surface area contributed by atoms with Gasteiger partial charge in [-0.15, -0.1) is 0 Å². The monoisotopic (exact) mass is 140 g/mol. The Bertz CT molecular complexity index is 120. The van der Waals surface area contributed by atoms with Gasteiger partial charge < -0.3 is 4.74 Å². The normalized spacial score (nSPS) is 47.1. The van der Waals surface area contributed by atoms with Gasteiger partial charge in [-0.25, -0.2) is 0 Å². The summed E-state index contributed by atoms with van der Waals surface area (Å²) in [5, 5.41) is 0. The van der Waals surface area contributed by atoms with Crippen molar-refractivity contribution in [2.24, 2.45) is 11.8 Å². The van der Waals surface area contributed by atoms with Crippen molar-refractivity contribution in [1.82, 2.24) is 0 Å². The van der Waals surface area contributed by atoms with Gasteiger partial charge in [-0.3, -0.25) is 0 Å². The van der Waals surface area contributed by atoms with Gasteiger partial charge in [0.25, 0.3) is 0 Å². The molecule has 0 spiro atoms. The fraction of sp³-hybridized carbons (Fsp3) is 1.00. The zero-order valence-electron chi connectivity index (χ0n) is 6.68. The van der Waals surface area contributed by atoms with Gasteiger partial charge in [-0.05, 0) is 37.5 Å². The zero-order chi connectivity index (χ0) is 6.97. The highest BCUT2D eigenvalue weighted by molar-refractivity contribution is 4.85. The van der Waals surface area contributed by atoms with Crippen LogP contribution in [0.2, 0.25) is 0 Å². The predicted molar refractivity (Wildman–Crippen MR) is 40.9 cm³/mol. The van der Waals surface area contributed by atoms with Crippen molar-refractivity contribution in [3.63, 3.8) is 0 Å². The molecule has 58 valence electrons. The molecule has 0 unspecified atom stereocenters. The molecule has 2 aliphatic rings. The molecule has 1 aliphatic carbocycles. The van der Waals surface area contributed by atoms with Crippen molar-refractivity contribution in [3.05, 3.63) is 0 Å². The van der Waals surface area contributed by atoms with Gasteiger partial charge in [0, 0.05) is 6.61 Å².